The van der Waals surface area contributed by atoms with E-state index in [4.69, 9.17) is 9.47 Å². The van der Waals surface area contributed by atoms with Gasteiger partial charge in [0.25, 0.3) is 5.91 Å². The number of aromatic nitrogens is 2. The van der Waals surface area contributed by atoms with E-state index in [2.05, 4.69) is 10.4 Å². The maximum Gasteiger partial charge on any atom is 0.341 e. The summed E-state index contributed by atoms with van der Waals surface area (Å²) in [4.78, 5) is 24.3. The van der Waals surface area contributed by atoms with Crippen molar-refractivity contribution < 1.29 is 19.1 Å². The molecule has 144 valence electrons. The highest BCUT2D eigenvalue weighted by Crippen LogP contribution is 2.20. The summed E-state index contributed by atoms with van der Waals surface area (Å²) in [6.45, 7) is 0.929. The van der Waals surface area contributed by atoms with Crippen LogP contribution in [0.25, 0.3) is 0 Å². The molecule has 0 aliphatic carbocycles. The number of carbonyl (C=O) groups is 2. The molecule has 0 saturated heterocycles. The van der Waals surface area contributed by atoms with E-state index in [0.717, 1.165) is 11.1 Å². The van der Waals surface area contributed by atoms with E-state index in [1.54, 1.807) is 36.5 Å². The van der Waals surface area contributed by atoms with Crippen LogP contribution in [0.2, 0.25) is 0 Å². The molecule has 0 spiro atoms. The van der Waals surface area contributed by atoms with E-state index >= 15 is 0 Å². The molecule has 0 atom stereocenters. The molecular weight excluding hydrogens is 358 g/mol. The molecule has 3 aromatic rings. The van der Waals surface area contributed by atoms with Gasteiger partial charge in [0.05, 0.1) is 20.8 Å². The summed E-state index contributed by atoms with van der Waals surface area (Å²) < 4.78 is 11.8. The predicted octanol–water partition coefficient (Wildman–Crippen LogP) is 2.66. The monoisotopic (exact) mass is 379 g/mol. The van der Waals surface area contributed by atoms with Gasteiger partial charge in [0.2, 0.25) is 0 Å². The quantitative estimate of drug-likeness (QED) is 0.638. The second kappa shape index (κ2) is 8.85. The van der Waals surface area contributed by atoms with Crippen LogP contribution in [-0.4, -0.2) is 35.9 Å². The van der Waals surface area contributed by atoms with E-state index in [0.29, 0.717) is 23.4 Å². The number of hydrogen-bond donors (Lipinski definition) is 1. The first-order valence-corrected chi connectivity index (χ1v) is 8.70. The van der Waals surface area contributed by atoms with E-state index in [1.807, 2.05) is 29.1 Å². The second-order valence-electron chi connectivity index (χ2n) is 6.11. The van der Waals surface area contributed by atoms with Gasteiger partial charge in [-0.05, 0) is 41.5 Å². The molecule has 1 amide bonds. The van der Waals surface area contributed by atoms with Crippen molar-refractivity contribution in [3.63, 3.8) is 0 Å². The Morgan fingerprint density at radius 3 is 2.46 bits per heavy atom. The van der Waals surface area contributed by atoms with Crippen LogP contribution in [0.3, 0.4) is 0 Å². The summed E-state index contributed by atoms with van der Waals surface area (Å²) >= 11 is 0. The summed E-state index contributed by atoms with van der Waals surface area (Å²) in [5, 5.41) is 7.02. The Balaban J connectivity index is 1.63. The number of ether oxygens (including phenoxy) is 2. The van der Waals surface area contributed by atoms with Crippen LogP contribution in [0, 0.1) is 0 Å². The van der Waals surface area contributed by atoms with Crippen molar-refractivity contribution in [3.05, 3.63) is 83.2 Å². The van der Waals surface area contributed by atoms with Gasteiger partial charge in [0, 0.05) is 24.5 Å². The molecule has 3 rings (SSSR count). The minimum atomic E-state index is -0.488. The van der Waals surface area contributed by atoms with Gasteiger partial charge >= 0.3 is 5.97 Å². The molecule has 0 bridgehead atoms. The molecule has 0 aliphatic heterocycles. The van der Waals surface area contributed by atoms with Crippen LogP contribution >= 0.6 is 0 Å². The third-order valence-corrected chi connectivity index (χ3v) is 4.24. The number of hydrogen-bond acceptors (Lipinski definition) is 5. The highest BCUT2D eigenvalue weighted by molar-refractivity contribution is 5.94. The molecule has 2 aromatic carbocycles. The van der Waals surface area contributed by atoms with Gasteiger partial charge in [-0.25, -0.2) is 4.79 Å². The standard InChI is InChI=1S/C21H21N3O4/c1-27-19-9-6-16(12-18(19)21(26)28-2)13-22-20(25)17-7-4-15(5-8-17)14-24-11-3-10-23-24/h3-12H,13-14H2,1-2H3,(H,22,25). The lowest BCUT2D eigenvalue weighted by Crippen LogP contribution is -2.23. The van der Waals surface area contributed by atoms with Gasteiger partial charge < -0.3 is 14.8 Å². The number of esters is 1. The van der Waals surface area contributed by atoms with Crippen molar-refractivity contribution in [1.29, 1.82) is 0 Å². The van der Waals surface area contributed by atoms with E-state index in [-0.39, 0.29) is 12.5 Å². The fourth-order valence-corrected chi connectivity index (χ4v) is 2.76. The van der Waals surface area contributed by atoms with Gasteiger partial charge in [-0.1, -0.05) is 18.2 Å². The Kier molecular flexibility index (Phi) is 6.06. The van der Waals surface area contributed by atoms with Crippen LogP contribution in [0.4, 0.5) is 0 Å². The molecule has 1 aromatic heterocycles. The van der Waals surface area contributed by atoms with Crippen molar-refractivity contribution in [3.8, 4) is 5.75 Å². The lowest BCUT2D eigenvalue weighted by Gasteiger charge is -2.10. The average molecular weight is 379 g/mol. The van der Waals surface area contributed by atoms with E-state index in [9.17, 15) is 9.59 Å². The van der Waals surface area contributed by atoms with E-state index < -0.39 is 5.97 Å². The minimum absolute atomic E-state index is 0.193. The fourth-order valence-electron chi connectivity index (χ4n) is 2.76. The molecule has 28 heavy (non-hydrogen) atoms. The topological polar surface area (TPSA) is 82.5 Å². The van der Waals surface area contributed by atoms with Crippen LogP contribution in [0.15, 0.2) is 60.9 Å². The number of methoxy groups -OCH3 is 2. The van der Waals surface area contributed by atoms with Crippen LogP contribution in [-0.2, 0) is 17.8 Å². The zero-order valence-electron chi connectivity index (χ0n) is 15.7. The normalized spacial score (nSPS) is 10.4. The molecule has 7 heteroatoms. The number of nitrogens with zero attached hydrogens (tertiary/aromatic N) is 2. The molecule has 0 radical (unpaired) electrons. The van der Waals surface area contributed by atoms with E-state index in [1.165, 1.54) is 14.2 Å². The van der Waals surface area contributed by atoms with Crippen LogP contribution in [0.1, 0.15) is 31.8 Å². The number of nitrogens with one attached hydrogen (secondary N) is 1. The van der Waals surface area contributed by atoms with Gasteiger partial charge in [-0.3, -0.25) is 9.48 Å². The summed E-state index contributed by atoms with van der Waals surface area (Å²) in [5.74, 6) is -0.256. The van der Waals surface area contributed by atoms with Crippen molar-refractivity contribution in [2.24, 2.45) is 0 Å². The molecular formula is C21H21N3O4. The number of carbonyl (C=O) groups excluding carboxylic acids is 2. The number of amides is 1. The SMILES string of the molecule is COC(=O)c1cc(CNC(=O)c2ccc(Cn3cccn3)cc2)ccc1OC. The Hall–Kier alpha value is -3.61. The average Bonchev–Trinajstić information content (AvgIpc) is 3.24. The first-order valence-electron chi connectivity index (χ1n) is 8.70. The van der Waals surface area contributed by atoms with Crippen molar-refractivity contribution in [2.75, 3.05) is 14.2 Å². The third kappa shape index (κ3) is 4.56. The highest BCUT2D eigenvalue weighted by atomic mass is 16.5. The fraction of sp³-hybridized carbons (Fsp3) is 0.190. The first-order chi connectivity index (χ1) is 13.6. The maximum absolute atomic E-state index is 12.4. The minimum Gasteiger partial charge on any atom is -0.496 e. The Morgan fingerprint density at radius 2 is 1.82 bits per heavy atom. The largest absolute Gasteiger partial charge is 0.496 e. The molecule has 0 aliphatic rings. The Morgan fingerprint density at radius 1 is 1.07 bits per heavy atom. The molecule has 7 nitrogen and oxygen atoms in total. The van der Waals surface area contributed by atoms with Gasteiger partial charge in [0.15, 0.2) is 0 Å². The third-order valence-electron chi connectivity index (χ3n) is 4.24. The Labute approximate surface area is 162 Å². The number of rotatable bonds is 7. The zero-order chi connectivity index (χ0) is 19.9. The number of benzene rings is 2. The Bertz CT molecular complexity index is 950. The summed E-state index contributed by atoms with van der Waals surface area (Å²) in [5.41, 5.74) is 2.70. The second-order valence-corrected chi connectivity index (χ2v) is 6.11. The molecule has 0 fully saturated rings. The van der Waals surface area contributed by atoms with Gasteiger partial charge in [-0.2, -0.15) is 5.10 Å². The molecule has 1 heterocycles. The predicted molar refractivity (Wildman–Crippen MR) is 103 cm³/mol. The lowest BCUT2D eigenvalue weighted by molar-refractivity contribution is 0.0597. The highest BCUT2D eigenvalue weighted by Gasteiger charge is 2.14. The van der Waals surface area contributed by atoms with Gasteiger partial charge in [0.1, 0.15) is 11.3 Å². The lowest BCUT2D eigenvalue weighted by atomic mass is 10.1. The van der Waals surface area contributed by atoms with Crippen LogP contribution in [0.5, 0.6) is 5.75 Å². The first kappa shape index (κ1) is 19.2. The zero-order valence-corrected chi connectivity index (χ0v) is 15.7. The summed E-state index contributed by atoms with van der Waals surface area (Å²) in [7, 11) is 2.80. The van der Waals surface area contributed by atoms with Crippen molar-refractivity contribution in [2.45, 2.75) is 13.1 Å². The van der Waals surface area contributed by atoms with Crippen molar-refractivity contribution in [1.82, 2.24) is 15.1 Å². The van der Waals surface area contributed by atoms with Crippen LogP contribution < -0.4 is 10.1 Å². The summed E-state index contributed by atoms with van der Waals surface area (Å²) in [6, 6.07) is 14.4. The molecule has 1 N–H and O–H groups in total. The molecule has 0 saturated carbocycles. The van der Waals surface area contributed by atoms with Gasteiger partial charge in [-0.15, -0.1) is 0 Å². The summed E-state index contributed by atoms with van der Waals surface area (Å²) in [6.07, 6.45) is 3.62. The molecule has 0 unspecified atom stereocenters. The smallest absolute Gasteiger partial charge is 0.341 e. The maximum atomic E-state index is 12.4. The van der Waals surface area contributed by atoms with Crippen molar-refractivity contribution >= 4 is 11.9 Å².